The molecule has 0 saturated carbocycles. The quantitative estimate of drug-likeness (QED) is 0.867. The van der Waals surface area contributed by atoms with E-state index in [1.165, 1.54) is 0 Å². The molecule has 0 radical (unpaired) electrons. The van der Waals surface area contributed by atoms with Gasteiger partial charge in [-0.15, -0.1) is 0 Å². The van der Waals surface area contributed by atoms with E-state index in [0.717, 1.165) is 11.1 Å². The molecule has 0 fully saturated rings. The molecule has 0 bridgehead atoms. The van der Waals surface area contributed by atoms with E-state index in [2.05, 4.69) is 15.9 Å². The number of halogens is 1. The number of nitrogens with two attached hydrogens (primary N) is 1. The number of carbonyl (C=O) groups excluding carboxylic acids is 1. The molecule has 2 nitrogen and oxygen atoms in total. The van der Waals surface area contributed by atoms with Crippen molar-refractivity contribution in [1.29, 1.82) is 0 Å². The van der Waals surface area contributed by atoms with Gasteiger partial charge in [-0.1, -0.05) is 76.6 Å². The van der Waals surface area contributed by atoms with Crippen LogP contribution in [0.4, 0.5) is 0 Å². The molecule has 2 N–H and O–H groups in total. The van der Waals surface area contributed by atoms with E-state index >= 15 is 0 Å². The van der Waals surface area contributed by atoms with E-state index in [0.29, 0.717) is 5.33 Å². The Morgan fingerprint density at radius 1 is 0.944 bits per heavy atom. The molecule has 0 saturated heterocycles. The summed E-state index contributed by atoms with van der Waals surface area (Å²) in [5.41, 5.74) is 6.67. The number of hydrogen-bond acceptors (Lipinski definition) is 1. The summed E-state index contributed by atoms with van der Waals surface area (Å²) in [4.78, 5) is 12.0. The molecular formula is C15H14BrNO. The van der Waals surface area contributed by atoms with Crippen LogP contribution >= 0.6 is 15.9 Å². The molecule has 0 aliphatic carbocycles. The average molecular weight is 304 g/mol. The Morgan fingerprint density at radius 2 is 1.33 bits per heavy atom. The molecule has 2 rings (SSSR count). The monoisotopic (exact) mass is 303 g/mol. The highest BCUT2D eigenvalue weighted by molar-refractivity contribution is 9.09. The van der Waals surface area contributed by atoms with Gasteiger partial charge in [0, 0.05) is 5.33 Å². The van der Waals surface area contributed by atoms with E-state index in [4.69, 9.17) is 5.73 Å². The van der Waals surface area contributed by atoms with E-state index in [1.54, 1.807) is 0 Å². The summed E-state index contributed by atoms with van der Waals surface area (Å²) in [7, 11) is 0. The van der Waals surface area contributed by atoms with Crippen molar-refractivity contribution in [1.82, 2.24) is 0 Å². The molecule has 0 atom stereocenters. The van der Waals surface area contributed by atoms with Gasteiger partial charge in [0.05, 0.1) is 0 Å². The predicted molar refractivity (Wildman–Crippen MR) is 76.7 cm³/mol. The lowest BCUT2D eigenvalue weighted by molar-refractivity contribution is -0.121. The topological polar surface area (TPSA) is 43.1 Å². The maximum absolute atomic E-state index is 12.0. The number of carbonyl (C=O) groups is 1. The lowest BCUT2D eigenvalue weighted by Crippen LogP contribution is -2.43. The number of amides is 1. The maximum atomic E-state index is 12.0. The highest BCUT2D eigenvalue weighted by atomic mass is 79.9. The number of benzene rings is 2. The fraction of sp³-hybridized carbons (Fsp3) is 0.133. The van der Waals surface area contributed by atoms with E-state index in [1.807, 2.05) is 60.7 Å². The Morgan fingerprint density at radius 3 is 1.61 bits per heavy atom. The Bertz CT molecular complexity index is 485. The average Bonchev–Trinajstić information content (AvgIpc) is 2.42. The molecule has 2 aromatic rings. The van der Waals surface area contributed by atoms with Crippen molar-refractivity contribution in [3.05, 3.63) is 71.8 Å². The van der Waals surface area contributed by atoms with E-state index in [9.17, 15) is 4.79 Å². The van der Waals surface area contributed by atoms with Crippen LogP contribution in [-0.4, -0.2) is 11.2 Å². The second-order valence-electron chi connectivity index (χ2n) is 4.14. The van der Waals surface area contributed by atoms with Gasteiger partial charge in [-0.25, -0.2) is 0 Å². The van der Waals surface area contributed by atoms with Crippen LogP contribution in [0.2, 0.25) is 0 Å². The molecular weight excluding hydrogens is 290 g/mol. The van der Waals surface area contributed by atoms with Gasteiger partial charge in [0.25, 0.3) is 0 Å². The van der Waals surface area contributed by atoms with Crippen molar-refractivity contribution < 1.29 is 4.79 Å². The summed E-state index contributed by atoms with van der Waals surface area (Å²) in [6, 6.07) is 19.2. The summed E-state index contributed by atoms with van der Waals surface area (Å²) in [6.07, 6.45) is 0. The van der Waals surface area contributed by atoms with Gasteiger partial charge in [0.1, 0.15) is 5.41 Å². The maximum Gasteiger partial charge on any atom is 0.233 e. The fourth-order valence-electron chi connectivity index (χ4n) is 2.12. The Kier molecular flexibility index (Phi) is 3.82. The van der Waals surface area contributed by atoms with Gasteiger partial charge < -0.3 is 5.73 Å². The fourth-order valence-corrected chi connectivity index (χ4v) is 3.04. The summed E-state index contributed by atoms with van der Waals surface area (Å²) in [5, 5.41) is 0.462. The van der Waals surface area contributed by atoms with Crippen LogP contribution in [0.25, 0.3) is 0 Å². The summed E-state index contributed by atoms with van der Waals surface area (Å²) < 4.78 is 0. The first-order valence-electron chi connectivity index (χ1n) is 5.68. The minimum atomic E-state index is -0.817. The van der Waals surface area contributed by atoms with Crippen molar-refractivity contribution in [2.45, 2.75) is 5.41 Å². The highest BCUT2D eigenvalue weighted by Crippen LogP contribution is 2.33. The van der Waals surface area contributed by atoms with Crippen molar-refractivity contribution >= 4 is 21.8 Å². The minimum absolute atomic E-state index is 0.350. The normalized spacial score (nSPS) is 11.2. The van der Waals surface area contributed by atoms with Crippen LogP contribution < -0.4 is 5.73 Å². The number of primary amides is 1. The van der Waals surface area contributed by atoms with Gasteiger partial charge >= 0.3 is 0 Å². The van der Waals surface area contributed by atoms with Crippen molar-refractivity contribution in [2.24, 2.45) is 5.73 Å². The first-order valence-corrected chi connectivity index (χ1v) is 6.81. The predicted octanol–water partition coefficient (Wildman–Crippen LogP) is 2.85. The van der Waals surface area contributed by atoms with Gasteiger partial charge in [0.15, 0.2) is 0 Å². The molecule has 0 spiro atoms. The van der Waals surface area contributed by atoms with Crippen LogP contribution in [0.15, 0.2) is 60.7 Å². The Hall–Kier alpha value is -1.61. The van der Waals surface area contributed by atoms with Crippen LogP contribution in [-0.2, 0) is 10.2 Å². The van der Waals surface area contributed by atoms with Crippen LogP contribution in [0.3, 0.4) is 0 Å². The van der Waals surface area contributed by atoms with Gasteiger partial charge in [-0.3, -0.25) is 4.79 Å². The minimum Gasteiger partial charge on any atom is -0.369 e. The van der Waals surface area contributed by atoms with Crippen LogP contribution in [0.5, 0.6) is 0 Å². The largest absolute Gasteiger partial charge is 0.369 e. The summed E-state index contributed by atoms with van der Waals surface area (Å²) in [6.45, 7) is 0. The molecule has 0 aromatic heterocycles. The van der Waals surface area contributed by atoms with Crippen molar-refractivity contribution in [3.63, 3.8) is 0 Å². The number of rotatable bonds is 4. The second kappa shape index (κ2) is 5.36. The molecule has 92 valence electrons. The first-order chi connectivity index (χ1) is 8.71. The van der Waals surface area contributed by atoms with Crippen LogP contribution in [0, 0.1) is 0 Å². The smallest absolute Gasteiger partial charge is 0.233 e. The standard InChI is InChI=1S/C15H14BrNO/c16-11-15(14(17)18,12-7-3-1-4-8-12)13-9-5-2-6-10-13/h1-10H,11H2,(H2,17,18). The third-order valence-corrected chi connectivity index (χ3v) is 4.00. The molecule has 0 heterocycles. The first kappa shape index (κ1) is 12.8. The van der Waals surface area contributed by atoms with Gasteiger partial charge in [0.2, 0.25) is 5.91 Å². The zero-order valence-electron chi connectivity index (χ0n) is 9.84. The second-order valence-corrected chi connectivity index (χ2v) is 4.70. The van der Waals surface area contributed by atoms with Gasteiger partial charge in [-0.05, 0) is 11.1 Å². The zero-order valence-corrected chi connectivity index (χ0v) is 11.4. The molecule has 18 heavy (non-hydrogen) atoms. The number of hydrogen-bond donors (Lipinski definition) is 1. The zero-order chi connectivity index (χ0) is 13.0. The molecule has 1 amide bonds. The molecule has 2 aromatic carbocycles. The Labute approximate surface area is 115 Å². The lowest BCUT2D eigenvalue weighted by atomic mass is 9.75. The molecule has 0 aliphatic heterocycles. The third kappa shape index (κ3) is 2.06. The van der Waals surface area contributed by atoms with Gasteiger partial charge in [-0.2, -0.15) is 0 Å². The van der Waals surface area contributed by atoms with E-state index in [-0.39, 0.29) is 5.91 Å². The molecule has 0 aliphatic rings. The highest BCUT2D eigenvalue weighted by Gasteiger charge is 2.39. The number of alkyl halides is 1. The third-order valence-electron chi connectivity index (χ3n) is 3.15. The van der Waals surface area contributed by atoms with E-state index < -0.39 is 5.41 Å². The summed E-state index contributed by atoms with van der Waals surface area (Å²) in [5.74, 6) is -0.350. The van der Waals surface area contributed by atoms with Crippen molar-refractivity contribution in [2.75, 3.05) is 5.33 Å². The molecule has 0 unspecified atom stereocenters. The van der Waals surface area contributed by atoms with Crippen LogP contribution in [0.1, 0.15) is 11.1 Å². The summed E-state index contributed by atoms with van der Waals surface area (Å²) >= 11 is 3.45. The SMILES string of the molecule is NC(=O)C(CBr)(c1ccccc1)c1ccccc1. The Balaban J connectivity index is 2.65. The van der Waals surface area contributed by atoms with Crippen molar-refractivity contribution in [3.8, 4) is 0 Å². The lowest BCUT2D eigenvalue weighted by Gasteiger charge is -2.29. The molecule has 3 heteroatoms.